The van der Waals surface area contributed by atoms with Gasteiger partial charge >= 0.3 is 0 Å². The summed E-state index contributed by atoms with van der Waals surface area (Å²) in [6, 6.07) is 8.31. The summed E-state index contributed by atoms with van der Waals surface area (Å²) in [5.41, 5.74) is 6.01. The highest BCUT2D eigenvalue weighted by Gasteiger charge is 2.40. The number of hydrogen-bond donors (Lipinski definition) is 1. The lowest BCUT2D eigenvalue weighted by atomic mass is 9.79. The van der Waals surface area contributed by atoms with E-state index in [1.54, 1.807) is 22.7 Å². The molecule has 0 fully saturated rings. The molecule has 0 spiro atoms. The summed E-state index contributed by atoms with van der Waals surface area (Å²) in [6.07, 6.45) is 4.08. The van der Waals surface area contributed by atoms with Crippen LogP contribution in [0.3, 0.4) is 0 Å². The zero-order valence-corrected chi connectivity index (χ0v) is 21.6. The Morgan fingerprint density at radius 2 is 1.62 bits per heavy atom. The van der Waals surface area contributed by atoms with Gasteiger partial charge in [0.1, 0.15) is 18.8 Å². The minimum absolute atomic E-state index is 0.0759. The fourth-order valence-corrected chi connectivity index (χ4v) is 6.94. The molecule has 3 aromatic rings. The fraction of sp³-hybridized carbons (Fsp3) is 0.286. The maximum atomic E-state index is 13.5. The molecule has 0 atom stereocenters. The van der Waals surface area contributed by atoms with Crippen LogP contribution in [0.1, 0.15) is 43.7 Å². The van der Waals surface area contributed by atoms with Crippen LogP contribution in [-0.2, 0) is 4.79 Å². The lowest BCUT2D eigenvalue weighted by molar-refractivity contribution is -0.519. The molecule has 1 aromatic carbocycles. The summed E-state index contributed by atoms with van der Waals surface area (Å²) in [6.45, 7) is 12.3. The molecule has 2 aromatic heterocycles. The zero-order chi connectivity index (χ0) is 24.0. The van der Waals surface area contributed by atoms with Crippen molar-refractivity contribution in [3.05, 3.63) is 74.5 Å². The van der Waals surface area contributed by atoms with E-state index in [1.807, 2.05) is 12.1 Å². The number of Topliss-reactive ketones (excluding diaryl/α,β-unsaturated/α-hetero) is 1. The van der Waals surface area contributed by atoms with E-state index in [9.17, 15) is 9.90 Å². The lowest BCUT2D eigenvalue weighted by Crippen LogP contribution is -2.26. The maximum Gasteiger partial charge on any atom is 0.208 e. The highest BCUT2D eigenvalue weighted by Crippen LogP contribution is 2.47. The van der Waals surface area contributed by atoms with Crippen LogP contribution < -0.4 is 4.90 Å². The average Bonchev–Trinajstić information content (AvgIpc) is 3.53. The van der Waals surface area contributed by atoms with Gasteiger partial charge in [-0.2, -0.15) is 0 Å². The number of hydrogen-bond acceptors (Lipinski definition) is 5. The summed E-state index contributed by atoms with van der Waals surface area (Å²) in [5, 5.41) is 16.5. The Labute approximate surface area is 208 Å². The summed E-state index contributed by atoms with van der Waals surface area (Å²) < 4.78 is 3.37. The normalized spacial score (nSPS) is 17.4. The standard InChI is InChI=1S/C28H28N2O2S2/c1-5-29(6-2)21-11-9-19(27-17(21)13-15-33-27)23-25(31)24(26(23)32)20-10-12-22(30(7-3)8-4)18-14-16-34-28(18)20/h9-16H,5-8H2,1-4H3/p+1. The Morgan fingerprint density at radius 1 is 0.882 bits per heavy atom. The van der Waals surface area contributed by atoms with E-state index >= 15 is 0 Å². The van der Waals surface area contributed by atoms with E-state index in [4.69, 9.17) is 0 Å². The van der Waals surface area contributed by atoms with Crippen LogP contribution in [0.15, 0.2) is 58.5 Å². The monoisotopic (exact) mass is 489 g/mol. The quantitative estimate of drug-likeness (QED) is 0.316. The van der Waals surface area contributed by atoms with Gasteiger partial charge in [-0.25, -0.2) is 4.58 Å². The Bertz CT molecular complexity index is 1420. The number of benzene rings is 1. The second-order valence-electron chi connectivity index (χ2n) is 8.36. The molecule has 0 amide bonds. The number of nitrogens with zero attached hydrogens (tertiary/aromatic N) is 2. The molecule has 0 radical (unpaired) electrons. The second-order valence-corrected chi connectivity index (χ2v) is 10.2. The van der Waals surface area contributed by atoms with Crippen molar-refractivity contribution >= 4 is 61.1 Å². The van der Waals surface area contributed by atoms with Gasteiger partial charge in [0.25, 0.3) is 0 Å². The number of ketones is 1. The largest absolute Gasteiger partial charge is 0.506 e. The molecule has 0 unspecified atom stereocenters. The van der Waals surface area contributed by atoms with E-state index in [1.165, 1.54) is 11.4 Å². The second kappa shape index (κ2) is 9.01. The minimum Gasteiger partial charge on any atom is -0.506 e. The van der Waals surface area contributed by atoms with Gasteiger partial charge in [-0.05, 0) is 62.7 Å². The van der Waals surface area contributed by atoms with Gasteiger partial charge in [-0.15, -0.1) is 22.7 Å². The molecule has 6 heteroatoms. The number of carbonyl (C=O) groups excluding carboxylic acids is 1. The van der Waals surface area contributed by atoms with E-state index in [-0.39, 0.29) is 11.5 Å². The molecule has 5 rings (SSSR count). The lowest BCUT2D eigenvalue weighted by Gasteiger charge is -2.27. The van der Waals surface area contributed by atoms with E-state index in [0.717, 1.165) is 57.8 Å². The van der Waals surface area contributed by atoms with Crippen molar-refractivity contribution < 1.29 is 14.5 Å². The highest BCUT2D eigenvalue weighted by molar-refractivity contribution is 7.17. The predicted molar refractivity (Wildman–Crippen MR) is 146 cm³/mol. The van der Waals surface area contributed by atoms with E-state index in [0.29, 0.717) is 11.1 Å². The molecule has 4 nitrogen and oxygen atoms in total. The smallest absolute Gasteiger partial charge is 0.208 e. The van der Waals surface area contributed by atoms with Gasteiger partial charge in [0.05, 0.1) is 16.7 Å². The Morgan fingerprint density at radius 3 is 2.29 bits per heavy atom. The number of carbonyl (C=O) groups is 1. The molecule has 0 aliphatic heterocycles. The molecule has 2 aliphatic rings. The summed E-state index contributed by atoms with van der Waals surface area (Å²) in [7, 11) is 0. The van der Waals surface area contributed by atoms with Crippen LogP contribution in [0.5, 0.6) is 0 Å². The Hall–Kier alpha value is -2.96. The van der Waals surface area contributed by atoms with Crippen LogP contribution in [0, 0.1) is 0 Å². The maximum absolute atomic E-state index is 13.5. The number of aliphatic hydroxyl groups excluding tert-OH is 1. The molecule has 174 valence electrons. The first-order valence-electron chi connectivity index (χ1n) is 11.9. The number of allylic oxidation sites excluding steroid dienone is 5. The Balaban J connectivity index is 1.64. The average molecular weight is 490 g/mol. The number of anilines is 1. The summed E-state index contributed by atoms with van der Waals surface area (Å²) in [5.74, 6) is 0.0358. The molecule has 0 bridgehead atoms. The Kier molecular flexibility index (Phi) is 6.04. The van der Waals surface area contributed by atoms with Crippen LogP contribution in [-0.4, -0.2) is 47.4 Å². The van der Waals surface area contributed by atoms with Gasteiger partial charge in [0.15, 0.2) is 0 Å². The van der Waals surface area contributed by atoms with Crippen molar-refractivity contribution in [2.75, 3.05) is 31.1 Å². The predicted octanol–water partition coefficient (Wildman–Crippen LogP) is 6.53. The van der Waals surface area contributed by atoms with Gasteiger partial charge in [-0.1, -0.05) is 6.07 Å². The van der Waals surface area contributed by atoms with Crippen molar-refractivity contribution in [3.8, 4) is 0 Å². The SMILES string of the molecule is CCN(CC)c1ccc(C2=C(O)/C(=C3\C=CC(=[N+](CC)CC)c4ccsc43)C2=O)c2sccc12. The number of thiophene rings is 2. The topological polar surface area (TPSA) is 43.5 Å². The summed E-state index contributed by atoms with van der Waals surface area (Å²) >= 11 is 3.24. The van der Waals surface area contributed by atoms with Crippen LogP contribution in [0.4, 0.5) is 5.69 Å². The van der Waals surface area contributed by atoms with Crippen LogP contribution in [0.25, 0.3) is 21.2 Å². The molecule has 34 heavy (non-hydrogen) atoms. The molecule has 1 N–H and O–H groups in total. The highest BCUT2D eigenvalue weighted by atomic mass is 32.1. The van der Waals surface area contributed by atoms with E-state index < -0.39 is 0 Å². The third kappa shape index (κ3) is 3.31. The van der Waals surface area contributed by atoms with Crippen molar-refractivity contribution in [2.45, 2.75) is 27.7 Å². The number of fused-ring (bicyclic) bond motifs is 2. The molecular weight excluding hydrogens is 460 g/mol. The van der Waals surface area contributed by atoms with Crippen LogP contribution in [0.2, 0.25) is 0 Å². The third-order valence-electron chi connectivity index (χ3n) is 6.86. The van der Waals surface area contributed by atoms with Crippen molar-refractivity contribution in [1.82, 2.24) is 0 Å². The van der Waals surface area contributed by atoms with Crippen LogP contribution >= 0.6 is 22.7 Å². The third-order valence-corrected chi connectivity index (χ3v) is 8.76. The summed E-state index contributed by atoms with van der Waals surface area (Å²) in [4.78, 5) is 16.9. The molecule has 0 saturated carbocycles. The fourth-order valence-electron chi connectivity index (χ4n) is 5.07. The molecule has 2 aliphatic carbocycles. The van der Waals surface area contributed by atoms with Gasteiger partial charge in [0.2, 0.25) is 11.5 Å². The van der Waals surface area contributed by atoms with Crippen molar-refractivity contribution in [1.29, 1.82) is 0 Å². The van der Waals surface area contributed by atoms with Gasteiger partial charge in [-0.3, -0.25) is 4.79 Å². The number of rotatable bonds is 6. The zero-order valence-electron chi connectivity index (χ0n) is 20.0. The first-order chi connectivity index (χ1) is 16.5. The first kappa shape index (κ1) is 22.8. The van der Waals surface area contributed by atoms with Gasteiger partial charge in [0, 0.05) is 51.0 Å². The molecular formula is C28H29N2O2S2+. The van der Waals surface area contributed by atoms with Gasteiger partial charge < -0.3 is 10.0 Å². The van der Waals surface area contributed by atoms with Crippen molar-refractivity contribution in [2.24, 2.45) is 0 Å². The molecule has 0 saturated heterocycles. The number of aliphatic hydroxyl groups is 1. The minimum atomic E-state index is -0.0759. The van der Waals surface area contributed by atoms with Crippen molar-refractivity contribution in [3.63, 3.8) is 0 Å². The van der Waals surface area contributed by atoms with E-state index in [2.05, 4.69) is 72.2 Å². The molecule has 2 heterocycles. The first-order valence-corrected chi connectivity index (χ1v) is 13.7.